The van der Waals surface area contributed by atoms with Crippen molar-refractivity contribution in [2.45, 2.75) is 51.5 Å². The average Bonchev–Trinajstić information content (AvgIpc) is 3.47. The van der Waals surface area contributed by atoms with E-state index in [0.717, 1.165) is 32.5 Å². The molecule has 1 saturated heterocycles. The molecule has 8 nitrogen and oxygen atoms in total. The highest BCUT2D eigenvalue weighted by Gasteiger charge is 2.28. The van der Waals surface area contributed by atoms with Gasteiger partial charge in [-0.3, -0.25) is 4.90 Å². The second kappa shape index (κ2) is 10.3. The second-order valence-electron chi connectivity index (χ2n) is 8.70. The molecule has 2 fully saturated rings. The van der Waals surface area contributed by atoms with Crippen molar-refractivity contribution in [3.63, 3.8) is 0 Å². The lowest BCUT2D eigenvalue weighted by Gasteiger charge is -2.30. The molecule has 174 valence electrons. The highest BCUT2D eigenvalue weighted by molar-refractivity contribution is 5.60. The summed E-state index contributed by atoms with van der Waals surface area (Å²) in [6.45, 7) is 5.68. The summed E-state index contributed by atoms with van der Waals surface area (Å²) in [5.74, 6) is 1.48. The first-order chi connectivity index (χ1) is 15.6. The number of halogens is 1. The number of aromatic nitrogens is 3. The lowest BCUT2D eigenvalue weighted by molar-refractivity contribution is 0.271. The molecule has 1 aliphatic carbocycles. The smallest absolute Gasteiger partial charge is 0.236 e. The fraction of sp³-hybridized carbons (Fsp3) is 0.609. The van der Waals surface area contributed by atoms with Gasteiger partial charge in [0.15, 0.2) is 11.6 Å². The van der Waals surface area contributed by atoms with Crippen molar-refractivity contribution in [3.05, 3.63) is 24.0 Å². The van der Waals surface area contributed by atoms with Crippen LogP contribution in [0.3, 0.4) is 0 Å². The van der Waals surface area contributed by atoms with E-state index >= 15 is 0 Å². The Bertz CT molecular complexity index is 906. The molecule has 2 heterocycles. The highest BCUT2D eigenvalue weighted by atomic mass is 19.1. The molecule has 0 amide bonds. The summed E-state index contributed by atoms with van der Waals surface area (Å²) in [4.78, 5) is 17.8. The van der Waals surface area contributed by atoms with E-state index < -0.39 is 5.82 Å². The van der Waals surface area contributed by atoms with Crippen LogP contribution in [-0.2, 0) is 0 Å². The van der Waals surface area contributed by atoms with Crippen molar-refractivity contribution in [2.24, 2.45) is 5.92 Å². The Kier molecular flexibility index (Phi) is 7.24. The Hall–Kier alpha value is -2.68. The van der Waals surface area contributed by atoms with Gasteiger partial charge < -0.3 is 20.7 Å². The zero-order valence-electron chi connectivity index (χ0n) is 19.1. The van der Waals surface area contributed by atoms with Gasteiger partial charge in [0, 0.05) is 30.9 Å². The van der Waals surface area contributed by atoms with Crippen LogP contribution in [0, 0.1) is 11.7 Å². The molecule has 2 aromatic rings. The van der Waals surface area contributed by atoms with Crippen LogP contribution in [0.4, 0.5) is 27.9 Å². The second-order valence-corrected chi connectivity index (χ2v) is 8.70. The van der Waals surface area contributed by atoms with Crippen molar-refractivity contribution < 1.29 is 9.13 Å². The molecule has 4 rings (SSSR count). The van der Waals surface area contributed by atoms with Crippen molar-refractivity contribution in [1.29, 1.82) is 0 Å². The molecule has 1 aliphatic heterocycles. The topological polar surface area (TPSA) is 92.4 Å². The van der Waals surface area contributed by atoms with Crippen LogP contribution in [0.25, 0.3) is 0 Å². The van der Waals surface area contributed by atoms with Crippen molar-refractivity contribution in [1.82, 2.24) is 19.9 Å². The SMILES string of the molecule is CCN1CCCC1CN(c1ccc(OC)c(F)c1)c1nc(N)nc(NCC2CCCC2)n1. The number of methoxy groups -OCH3 is 1. The number of nitrogens with one attached hydrogen (secondary N) is 1. The number of nitrogens with two attached hydrogens (primary N) is 1. The van der Waals surface area contributed by atoms with Crippen LogP contribution in [0.5, 0.6) is 5.75 Å². The molecular formula is C23H34FN7O. The number of hydrogen-bond donors (Lipinski definition) is 2. The number of likely N-dealkylation sites (tertiary alicyclic amines) is 1. The van der Waals surface area contributed by atoms with Gasteiger partial charge in [0.05, 0.1) is 7.11 Å². The maximum absolute atomic E-state index is 14.6. The van der Waals surface area contributed by atoms with E-state index in [9.17, 15) is 4.39 Å². The minimum Gasteiger partial charge on any atom is -0.494 e. The van der Waals surface area contributed by atoms with Crippen LogP contribution < -0.4 is 20.7 Å². The number of benzene rings is 1. The van der Waals surface area contributed by atoms with Gasteiger partial charge in [-0.05, 0) is 56.8 Å². The van der Waals surface area contributed by atoms with Gasteiger partial charge in [-0.25, -0.2) is 4.39 Å². The average molecular weight is 444 g/mol. The monoisotopic (exact) mass is 443 g/mol. The molecule has 1 aromatic carbocycles. The lowest BCUT2D eigenvalue weighted by Crippen LogP contribution is -2.39. The molecule has 1 saturated carbocycles. The van der Waals surface area contributed by atoms with Crippen LogP contribution in [0.2, 0.25) is 0 Å². The zero-order chi connectivity index (χ0) is 22.5. The number of anilines is 4. The van der Waals surface area contributed by atoms with Gasteiger partial charge in [0.25, 0.3) is 0 Å². The number of rotatable bonds is 9. The lowest BCUT2D eigenvalue weighted by atomic mass is 10.1. The van der Waals surface area contributed by atoms with Crippen LogP contribution in [-0.4, -0.2) is 59.2 Å². The number of nitrogen functional groups attached to an aromatic ring is 1. The van der Waals surface area contributed by atoms with Crippen molar-refractivity contribution >= 4 is 23.5 Å². The van der Waals surface area contributed by atoms with Crippen molar-refractivity contribution in [2.75, 3.05) is 49.2 Å². The summed E-state index contributed by atoms with van der Waals surface area (Å²) in [5, 5.41) is 3.34. The standard InChI is InChI=1S/C23H34FN7O/c1-3-30-12-6-9-18(30)15-31(17-10-11-20(32-2)19(24)13-17)23-28-21(25)27-22(29-23)26-14-16-7-4-5-8-16/h10-11,13,16,18H,3-9,12,14-15H2,1-2H3,(H3,25,26,27,28,29). The number of likely N-dealkylation sites (N-methyl/N-ethyl adjacent to an activating group) is 1. The van der Waals surface area contributed by atoms with Crippen LogP contribution >= 0.6 is 0 Å². The highest BCUT2D eigenvalue weighted by Crippen LogP contribution is 2.31. The normalized spacial score (nSPS) is 19.4. The number of hydrogen-bond acceptors (Lipinski definition) is 8. The summed E-state index contributed by atoms with van der Waals surface area (Å²) in [7, 11) is 1.46. The van der Waals surface area contributed by atoms with Gasteiger partial charge in [0.1, 0.15) is 0 Å². The van der Waals surface area contributed by atoms with E-state index in [1.165, 1.54) is 38.9 Å². The first-order valence-electron chi connectivity index (χ1n) is 11.7. The molecule has 1 unspecified atom stereocenters. The summed E-state index contributed by atoms with van der Waals surface area (Å²) in [6.07, 6.45) is 7.25. The molecule has 3 N–H and O–H groups in total. The van der Waals surface area contributed by atoms with Gasteiger partial charge in [-0.2, -0.15) is 15.0 Å². The van der Waals surface area contributed by atoms with Gasteiger partial charge in [-0.15, -0.1) is 0 Å². The predicted molar refractivity (Wildman–Crippen MR) is 125 cm³/mol. The molecular weight excluding hydrogens is 409 g/mol. The molecule has 0 radical (unpaired) electrons. The summed E-state index contributed by atoms with van der Waals surface area (Å²) >= 11 is 0. The van der Waals surface area contributed by atoms with E-state index in [2.05, 4.69) is 32.1 Å². The first-order valence-corrected chi connectivity index (χ1v) is 11.7. The molecule has 2 aliphatic rings. The third-order valence-electron chi connectivity index (χ3n) is 6.65. The third-order valence-corrected chi connectivity index (χ3v) is 6.65. The van der Waals surface area contributed by atoms with Gasteiger partial charge in [-0.1, -0.05) is 19.8 Å². The zero-order valence-corrected chi connectivity index (χ0v) is 19.1. The van der Waals surface area contributed by atoms with Crippen molar-refractivity contribution in [3.8, 4) is 5.75 Å². The predicted octanol–water partition coefficient (Wildman–Crippen LogP) is 3.83. The Labute approximate surface area is 189 Å². The Morgan fingerprint density at radius 2 is 2.00 bits per heavy atom. The minimum absolute atomic E-state index is 0.154. The molecule has 0 bridgehead atoms. The van der Waals surface area contributed by atoms with E-state index in [1.54, 1.807) is 6.07 Å². The van der Waals surface area contributed by atoms with E-state index in [1.807, 2.05) is 11.0 Å². The van der Waals surface area contributed by atoms with Gasteiger partial charge in [0.2, 0.25) is 17.8 Å². The largest absolute Gasteiger partial charge is 0.494 e. The maximum atomic E-state index is 14.6. The fourth-order valence-corrected chi connectivity index (χ4v) is 4.89. The quantitative estimate of drug-likeness (QED) is 0.604. The summed E-state index contributed by atoms with van der Waals surface area (Å²) < 4.78 is 19.7. The minimum atomic E-state index is -0.421. The molecule has 1 aromatic heterocycles. The molecule has 1 atom stereocenters. The third kappa shape index (κ3) is 5.20. The Morgan fingerprint density at radius 1 is 1.19 bits per heavy atom. The van der Waals surface area contributed by atoms with Crippen LogP contribution in [0.1, 0.15) is 45.4 Å². The molecule has 0 spiro atoms. The summed E-state index contributed by atoms with van der Waals surface area (Å²) in [5.41, 5.74) is 6.73. The van der Waals surface area contributed by atoms with Crippen LogP contribution in [0.15, 0.2) is 18.2 Å². The van der Waals surface area contributed by atoms with E-state index in [4.69, 9.17) is 10.5 Å². The van der Waals surface area contributed by atoms with Gasteiger partial charge >= 0.3 is 0 Å². The first kappa shape index (κ1) is 22.5. The summed E-state index contributed by atoms with van der Waals surface area (Å²) in [6, 6.07) is 5.26. The molecule has 9 heteroatoms. The Morgan fingerprint density at radius 3 is 2.72 bits per heavy atom. The Balaban J connectivity index is 1.63. The van der Waals surface area contributed by atoms with E-state index in [-0.39, 0.29) is 11.7 Å². The van der Waals surface area contributed by atoms with E-state index in [0.29, 0.717) is 36.1 Å². The maximum Gasteiger partial charge on any atom is 0.236 e. The number of ether oxygens (including phenoxy) is 1. The number of nitrogens with zero attached hydrogens (tertiary/aromatic N) is 5. The molecule has 32 heavy (non-hydrogen) atoms. The fourth-order valence-electron chi connectivity index (χ4n) is 4.89.